The van der Waals surface area contributed by atoms with Gasteiger partial charge in [-0.05, 0) is 85.4 Å². The highest BCUT2D eigenvalue weighted by atomic mass is 35.5. The number of nitrogens with one attached hydrogen (secondary N) is 3. The minimum atomic E-state index is 0.472. The van der Waals surface area contributed by atoms with Gasteiger partial charge in [0, 0.05) is 16.3 Å². The first-order chi connectivity index (χ1) is 15.0. The number of rotatable bonds is 6. The maximum absolute atomic E-state index is 5.94. The fraction of sp³-hybridized carbons (Fsp3) is 0.0833. The average Bonchev–Trinajstić information content (AvgIpc) is 3.23. The van der Waals surface area contributed by atoms with Crippen LogP contribution in [0.1, 0.15) is 11.3 Å². The molecule has 4 rings (SSSR count). The number of aryl methyl sites for hydroxylation is 1. The molecule has 2 heterocycles. The van der Waals surface area contributed by atoms with E-state index in [0.29, 0.717) is 16.7 Å². The van der Waals surface area contributed by atoms with E-state index in [2.05, 4.69) is 40.0 Å². The molecule has 2 aromatic carbocycles. The molecule has 2 aromatic heterocycles. The lowest BCUT2D eigenvalue weighted by Gasteiger charge is -2.10. The third-order valence-corrected chi connectivity index (χ3v) is 5.02. The second kappa shape index (κ2) is 9.64. The molecule has 31 heavy (non-hydrogen) atoms. The van der Waals surface area contributed by atoms with Crippen molar-refractivity contribution in [2.24, 2.45) is 0 Å². The van der Waals surface area contributed by atoms with Crippen molar-refractivity contribution < 1.29 is 4.42 Å². The van der Waals surface area contributed by atoms with Gasteiger partial charge < -0.3 is 20.4 Å². The Morgan fingerprint density at radius 3 is 2.58 bits per heavy atom. The molecule has 0 saturated carbocycles. The molecule has 156 valence electrons. The summed E-state index contributed by atoms with van der Waals surface area (Å²) in [5.74, 6) is 2.33. The summed E-state index contributed by atoms with van der Waals surface area (Å²) in [6.07, 6.45) is 1.73. The number of halogens is 1. The van der Waals surface area contributed by atoms with Gasteiger partial charge in [-0.1, -0.05) is 23.7 Å². The molecule has 0 unspecified atom stereocenters. The fourth-order valence-corrected chi connectivity index (χ4v) is 3.31. The molecule has 3 N–H and O–H groups in total. The van der Waals surface area contributed by atoms with E-state index in [9.17, 15) is 0 Å². The number of hydrogen-bond acceptors (Lipinski definition) is 4. The zero-order valence-corrected chi connectivity index (χ0v) is 18.4. The Morgan fingerprint density at radius 1 is 1.00 bits per heavy atom. The highest BCUT2D eigenvalue weighted by Gasteiger charge is 2.06. The van der Waals surface area contributed by atoms with E-state index in [1.807, 2.05) is 60.7 Å². The first kappa shape index (κ1) is 20.9. The van der Waals surface area contributed by atoms with Crippen LogP contribution in [0.5, 0.6) is 0 Å². The van der Waals surface area contributed by atoms with Crippen molar-refractivity contribution in [1.29, 1.82) is 0 Å². The zero-order valence-electron chi connectivity index (χ0n) is 16.9. The number of hydrogen-bond donors (Lipinski definition) is 3. The van der Waals surface area contributed by atoms with Crippen molar-refractivity contribution in [3.05, 3.63) is 95.3 Å². The molecule has 0 saturated heterocycles. The molecule has 0 bridgehead atoms. The van der Waals surface area contributed by atoms with Crippen molar-refractivity contribution >= 4 is 46.1 Å². The van der Waals surface area contributed by atoms with Gasteiger partial charge in [0.15, 0.2) is 5.11 Å². The van der Waals surface area contributed by atoms with Gasteiger partial charge in [0.05, 0.1) is 18.4 Å². The van der Waals surface area contributed by atoms with E-state index in [-0.39, 0.29) is 0 Å². The largest absolute Gasteiger partial charge is 0.459 e. The summed E-state index contributed by atoms with van der Waals surface area (Å²) < 4.78 is 5.88. The summed E-state index contributed by atoms with van der Waals surface area (Å²) in [6.45, 7) is 2.53. The summed E-state index contributed by atoms with van der Waals surface area (Å²) in [7, 11) is 0. The van der Waals surface area contributed by atoms with Crippen LogP contribution in [-0.4, -0.2) is 10.1 Å². The monoisotopic (exact) mass is 448 g/mol. The molecule has 0 aliphatic rings. The van der Waals surface area contributed by atoms with Gasteiger partial charge >= 0.3 is 0 Å². The smallest absolute Gasteiger partial charge is 0.171 e. The van der Waals surface area contributed by atoms with Gasteiger partial charge in [-0.2, -0.15) is 0 Å². The van der Waals surface area contributed by atoms with Gasteiger partial charge in [0.1, 0.15) is 17.3 Å². The minimum absolute atomic E-state index is 0.472. The highest BCUT2D eigenvalue weighted by molar-refractivity contribution is 7.80. The number of nitrogens with zero attached hydrogens (tertiary/aromatic N) is 1. The van der Waals surface area contributed by atoms with Crippen LogP contribution in [0.25, 0.3) is 11.3 Å². The average molecular weight is 449 g/mol. The number of anilines is 3. The maximum Gasteiger partial charge on any atom is 0.171 e. The third kappa shape index (κ3) is 5.84. The van der Waals surface area contributed by atoms with E-state index in [1.54, 1.807) is 6.20 Å². The number of pyridine rings is 1. The Morgan fingerprint density at radius 2 is 1.84 bits per heavy atom. The summed E-state index contributed by atoms with van der Waals surface area (Å²) in [4.78, 5) is 4.43. The van der Waals surface area contributed by atoms with Crippen LogP contribution in [0.3, 0.4) is 0 Å². The van der Waals surface area contributed by atoms with Gasteiger partial charge in [0.2, 0.25) is 0 Å². The predicted molar refractivity (Wildman–Crippen MR) is 131 cm³/mol. The fourth-order valence-electron chi connectivity index (χ4n) is 3.00. The van der Waals surface area contributed by atoms with Crippen molar-refractivity contribution in [3.63, 3.8) is 0 Å². The third-order valence-electron chi connectivity index (χ3n) is 4.53. The molecule has 0 aliphatic carbocycles. The van der Waals surface area contributed by atoms with Crippen molar-refractivity contribution in [3.8, 4) is 11.3 Å². The normalized spacial score (nSPS) is 10.5. The minimum Gasteiger partial charge on any atom is -0.459 e. The van der Waals surface area contributed by atoms with Crippen molar-refractivity contribution in [2.75, 3.05) is 10.6 Å². The number of benzene rings is 2. The van der Waals surface area contributed by atoms with Crippen molar-refractivity contribution in [1.82, 2.24) is 10.3 Å². The zero-order chi connectivity index (χ0) is 21.6. The van der Waals surface area contributed by atoms with Crippen LogP contribution in [0.4, 0.5) is 17.2 Å². The maximum atomic E-state index is 5.94. The quantitative estimate of drug-likeness (QED) is 0.291. The lowest BCUT2D eigenvalue weighted by molar-refractivity contribution is 0.516. The first-order valence-corrected chi connectivity index (χ1v) is 10.5. The second-order valence-corrected chi connectivity index (χ2v) is 7.85. The Hall–Kier alpha value is -3.35. The molecular weight excluding hydrogens is 428 g/mol. The van der Waals surface area contributed by atoms with Crippen LogP contribution in [0.2, 0.25) is 5.02 Å². The summed E-state index contributed by atoms with van der Waals surface area (Å²) in [5, 5.41) is 10.7. The Kier molecular flexibility index (Phi) is 6.50. The molecule has 0 fully saturated rings. The standard InChI is InChI=1S/C24H21ClN4OS/c1-16-3-2-4-19(13-16)28-23-12-9-20(14-26-23)29-24(31)27-15-21-10-11-22(30-21)17-5-7-18(25)8-6-17/h2-14H,15H2,1H3,(H,26,28)(H2,27,29,31). The van der Waals surface area contributed by atoms with E-state index in [0.717, 1.165) is 34.3 Å². The molecule has 4 aromatic rings. The summed E-state index contributed by atoms with van der Waals surface area (Å²) >= 11 is 11.3. The van der Waals surface area contributed by atoms with E-state index in [4.69, 9.17) is 28.2 Å². The van der Waals surface area contributed by atoms with Crippen LogP contribution in [0, 0.1) is 6.92 Å². The molecule has 0 spiro atoms. The van der Waals surface area contributed by atoms with Crippen LogP contribution < -0.4 is 16.0 Å². The van der Waals surface area contributed by atoms with Crippen LogP contribution in [-0.2, 0) is 6.54 Å². The number of thiocarbonyl (C=S) groups is 1. The highest BCUT2D eigenvalue weighted by Crippen LogP contribution is 2.24. The molecule has 0 atom stereocenters. The number of furan rings is 1. The SMILES string of the molecule is Cc1cccc(Nc2ccc(NC(=S)NCc3ccc(-c4ccc(Cl)cc4)o3)cn2)c1. The van der Waals surface area contributed by atoms with Gasteiger partial charge in [-0.25, -0.2) is 4.98 Å². The van der Waals surface area contributed by atoms with E-state index in [1.165, 1.54) is 5.56 Å². The van der Waals surface area contributed by atoms with E-state index >= 15 is 0 Å². The summed E-state index contributed by atoms with van der Waals surface area (Å²) in [6, 6.07) is 23.3. The first-order valence-electron chi connectivity index (χ1n) is 9.74. The molecule has 0 radical (unpaired) electrons. The van der Waals surface area contributed by atoms with Gasteiger partial charge in [-0.15, -0.1) is 0 Å². The van der Waals surface area contributed by atoms with E-state index < -0.39 is 0 Å². The van der Waals surface area contributed by atoms with Gasteiger partial charge in [-0.3, -0.25) is 0 Å². The molecule has 0 amide bonds. The Bertz CT molecular complexity index is 1170. The molecule has 0 aliphatic heterocycles. The predicted octanol–water partition coefficient (Wildman–Crippen LogP) is 6.53. The molecular formula is C24H21ClN4OS. The van der Waals surface area contributed by atoms with Crippen molar-refractivity contribution in [2.45, 2.75) is 13.5 Å². The lowest BCUT2D eigenvalue weighted by Crippen LogP contribution is -2.27. The molecule has 5 nitrogen and oxygen atoms in total. The molecule has 7 heteroatoms. The lowest BCUT2D eigenvalue weighted by atomic mass is 10.2. The van der Waals surface area contributed by atoms with Gasteiger partial charge in [0.25, 0.3) is 0 Å². The second-order valence-electron chi connectivity index (χ2n) is 7.01. The number of aromatic nitrogens is 1. The van der Waals surface area contributed by atoms with Crippen LogP contribution >= 0.6 is 23.8 Å². The van der Waals surface area contributed by atoms with Crippen LogP contribution in [0.15, 0.2) is 83.4 Å². The summed E-state index contributed by atoms with van der Waals surface area (Å²) in [5.41, 5.74) is 3.97. The Labute approximate surface area is 191 Å². The Balaban J connectivity index is 1.28. The topological polar surface area (TPSA) is 62.1 Å².